The van der Waals surface area contributed by atoms with E-state index in [1.54, 1.807) is 30.5 Å². The molecule has 1 aromatic heterocycles. The van der Waals surface area contributed by atoms with E-state index in [9.17, 15) is 4.79 Å². The van der Waals surface area contributed by atoms with Crippen LogP contribution in [0, 0.1) is 18.3 Å². The maximum atomic E-state index is 12.0. The summed E-state index contributed by atoms with van der Waals surface area (Å²) in [6, 6.07) is 8.67. The topological polar surface area (TPSA) is 70.7 Å². The third-order valence-electron chi connectivity index (χ3n) is 3.20. The zero-order valence-electron chi connectivity index (χ0n) is 11.6. The van der Waals surface area contributed by atoms with E-state index in [2.05, 4.69) is 10.4 Å². The Morgan fingerprint density at radius 1 is 1.50 bits per heavy atom. The van der Waals surface area contributed by atoms with Gasteiger partial charge < -0.3 is 5.32 Å². The normalized spacial score (nSPS) is 10.1. The molecule has 0 saturated heterocycles. The molecule has 0 radical (unpaired) electrons. The smallest absolute Gasteiger partial charge is 0.251 e. The van der Waals surface area contributed by atoms with Crippen LogP contribution in [-0.4, -0.2) is 15.7 Å². The van der Waals surface area contributed by atoms with Gasteiger partial charge in [0.05, 0.1) is 17.8 Å². The van der Waals surface area contributed by atoms with Crippen molar-refractivity contribution in [2.75, 3.05) is 0 Å². The first-order chi connectivity index (χ1) is 9.65. The van der Waals surface area contributed by atoms with E-state index < -0.39 is 0 Å². The van der Waals surface area contributed by atoms with Crippen LogP contribution in [0.3, 0.4) is 0 Å². The second-order valence-corrected chi connectivity index (χ2v) is 4.45. The molecule has 2 rings (SSSR count). The molecule has 0 aliphatic heterocycles. The number of hydrogen-bond donors (Lipinski definition) is 1. The zero-order chi connectivity index (χ0) is 14.5. The summed E-state index contributed by atoms with van der Waals surface area (Å²) in [6.07, 6.45) is 1.77. The van der Waals surface area contributed by atoms with Gasteiger partial charge in [-0.15, -0.1) is 0 Å². The first-order valence-electron chi connectivity index (χ1n) is 6.45. The van der Waals surface area contributed by atoms with Gasteiger partial charge in [-0.25, -0.2) is 0 Å². The second-order valence-electron chi connectivity index (χ2n) is 4.45. The lowest BCUT2D eigenvalue weighted by molar-refractivity contribution is 0.0951. The minimum atomic E-state index is -0.189. The van der Waals surface area contributed by atoms with E-state index in [1.165, 1.54) is 0 Å². The van der Waals surface area contributed by atoms with Crippen molar-refractivity contribution in [2.45, 2.75) is 26.9 Å². The molecule has 5 nitrogen and oxygen atoms in total. The lowest BCUT2D eigenvalue weighted by Crippen LogP contribution is -2.23. The SMILES string of the molecule is CCn1ncc(CNC(=O)c2cccc(C#N)c2)c1C. The third-order valence-corrected chi connectivity index (χ3v) is 3.20. The van der Waals surface area contributed by atoms with Crippen molar-refractivity contribution in [3.05, 3.63) is 52.8 Å². The number of nitrogens with one attached hydrogen (secondary N) is 1. The molecule has 0 saturated carbocycles. The number of nitrogens with zero attached hydrogens (tertiary/aromatic N) is 3. The summed E-state index contributed by atoms with van der Waals surface area (Å²) in [7, 11) is 0. The molecule has 0 atom stereocenters. The molecule has 1 N–H and O–H groups in total. The standard InChI is InChI=1S/C15H16N4O/c1-3-19-11(2)14(10-18-19)9-17-15(20)13-6-4-5-12(7-13)8-16/h4-7,10H,3,9H2,1-2H3,(H,17,20). The van der Waals surface area contributed by atoms with E-state index in [1.807, 2.05) is 24.6 Å². The van der Waals surface area contributed by atoms with Gasteiger partial charge in [0.15, 0.2) is 0 Å². The Morgan fingerprint density at radius 2 is 2.30 bits per heavy atom. The van der Waals surface area contributed by atoms with Gasteiger partial charge in [-0.05, 0) is 32.0 Å². The number of hydrogen-bond acceptors (Lipinski definition) is 3. The molecule has 0 bridgehead atoms. The molecule has 0 unspecified atom stereocenters. The summed E-state index contributed by atoms with van der Waals surface area (Å²) in [6.45, 7) is 5.25. The van der Waals surface area contributed by atoms with Gasteiger partial charge in [0.25, 0.3) is 5.91 Å². The van der Waals surface area contributed by atoms with E-state index in [0.717, 1.165) is 17.8 Å². The molecule has 0 aliphatic rings. The number of carbonyl (C=O) groups excluding carboxylic acids is 1. The summed E-state index contributed by atoms with van der Waals surface area (Å²) in [5, 5.41) is 15.9. The molecule has 1 amide bonds. The van der Waals surface area contributed by atoms with E-state index in [0.29, 0.717) is 17.7 Å². The molecular formula is C15H16N4O. The number of nitriles is 1. The quantitative estimate of drug-likeness (QED) is 0.922. The Kier molecular flexibility index (Phi) is 4.16. The Morgan fingerprint density at radius 3 is 2.95 bits per heavy atom. The summed E-state index contributed by atoms with van der Waals surface area (Å²) in [5.41, 5.74) is 3.02. The van der Waals surface area contributed by atoms with Crippen molar-refractivity contribution in [1.82, 2.24) is 15.1 Å². The Balaban J connectivity index is 2.05. The molecule has 1 aromatic carbocycles. The molecule has 20 heavy (non-hydrogen) atoms. The number of carbonyl (C=O) groups is 1. The molecule has 2 aromatic rings. The largest absolute Gasteiger partial charge is 0.348 e. The van der Waals surface area contributed by atoms with Gasteiger partial charge in [-0.1, -0.05) is 6.07 Å². The van der Waals surface area contributed by atoms with Crippen LogP contribution in [0.5, 0.6) is 0 Å². The van der Waals surface area contributed by atoms with E-state index >= 15 is 0 Å². The van der Waals surface area contributed by atoms with Crippen molar-refractivity contribution in [2.24, 2.45) is 0 Å². The first kappa shape index (κ1) is 13.8. The highest BCUT2D eigenvalue weighted by Gasteiger charge is 2.09. The van der Waals surface area contributed by atoms with Crippen molar-refractivity contribution in [3.8, 4) is 6.07 Å². The number of rotatable bonds is 4. The van der Waals surface area contributed by atoms with Crippen molar-refractivity contribution >= 4 is 5.91 Å². The third kappa shape index (κ3) is 2.86. The number of benzene rings is 1. The molecule has 0 spiro atoms. The monoisotopic (exact) mass is 268 g/mol. The molecule has 1 heterocycles. The predicted molar refractivity (Wildman–Crippen MR) is 75.0 cm³/mol. The lowest BCUT2D eigenvalue weighted by atomic mass is 10.1. The zero-order valence-corrected chi connectivity index (χ0v) is 11.6. The fourth-order valence-electron chi connectivity index (χ4n) is 1.99. The number of aryl methyl sites for hydroxylation is 1. The Labute approximate surface area is 117 Å². The van der Waals surface area contributed by atoms with E-state index in [4.69, 9.17) is 5.26 Å². The fourth-order valence-corrected chi connectivity index (χ4v) is 1.99. The minimum Gasteiger partial charge on any atom is -0.348 e. The first-order valence-corrected chi connectivity index (χ1v) is 6.45. The molecule has 0 fully saturated rings. The van der Waals surface area contributed by atoms with Gasteiger partial charge in [-0.3, -0.25) is 9.48 Å². The molecule has 0 aliphatic carbocycles. The maximum absolute atomic E-state index is 12.0. The van der Waals surface area contributed by atoms with Crippen LogP contribution in [0.1, 0.15) is 34.1 Å². The average Bonchev–Trinajstić information content (AvgIpc) is 2.85. The van der Waals surface area contributed by atoms with Crippen LogP contribution < -0.4 is 5.32 Å². The summed E-state index contributed by atoms with van der Waals surface area (Å²) >= 11 is 0. The van der Waals surface area contributed by atoms with Crippen LogP contribution in [0.25, 0.3) is 0 Å². The second kappa shape index (κ2) is 6.02. The van der Waals surface area contributed by atoms with Crippen LogP contribution in [0.2, 0.25) is 0 Å². The maximum Gasteiger partial charge on any atom is 0.251 e. The highest BCUT2D eigenvalue weighted by Crippen LogP contribution is 2.08. The van der Waals surface area contributed by atoms with Gasteiger partial charge in [0.1, 0.15) is 0 Å². The van der Waals surface area contributed by atoms with Gasteiger partial charge in [0, 0.05) is 29.9 Å². The lowest BCUT2D eigenvalue weighted by Gasteiger charge is -2.06. The van der Waals surface area contributed by atoms with Gasteiger partial charge in [0.2, 0.25) is 0 Å². The predicted octanol–water partition coefficient (Wildman–Crippen LogP) is 2.01. The van der Waals surface area contributed by atoms with Crippen LogP contribution in [-0.2, 0) is 13.1 Å². The van der Waals surface area contributed by atoms with Gasteiger partial charge in [-0.2, -0.15) is 10.4 Å². The van der Waals surface area contributed by atoms with Crippen molar-refractivity contribution in [3.63, 3.8) is 0 Å². The number of aromatic nitrogens is 2. The number of amides is 1. The molecule has 102 valence electrons. The van der Waals surface area contributed by atoms with Crippen molar-refractivity contribution in [1.29, 1.82) is 5.26 Å². The molecule has 5 heteroatoms. The highest BCUT2D eigenvalue weighted by molar-refractivity contribution is 5.94. The van der Waals surface area contributed by atoms with E-state index in [-0.39, 0.29) is 5.91 Å². The molecular weight excluding hydrogens is 252 g/mol. The minimum absolute atomic E-state index is 0.189. The average molecular weight is 268 g/mol. The van der Waals surface area contributed by atoms with Gasteiger partial charge >= 0.3 is 0 Å². The van der Waals surface area contributed by atoms with Crippen LogP contribution in [0.4, 0.5) is 0 Å². The van der Waals surface area contributed by atoms with Crippen LogP contribution in [0.15, 0.2) is 30.5 Å². The summed E-state index contributed by atoms with van der Waals surface area (Å²) in [4.78, 5) is 12.0. The summed E-state index contributed by atoms with van der Waals surface area (Å²) in [5.74, 6) is -0.189. The summed E-state index contributed by atoms with van der Waals surface area (Å²) < 4.78 is 1.89. The van der Waals surface area contributed by atoms with Crippen LogP contribution >= 0.6 is 0 Å². The Bertz CT molecular complexity index is 667. The Hall–Kier alpha value is -2.61. The fraction of sp³-hybridized carbons (Fsp3) is 0.267. The van der Waals surface area contributed by atoms with Crippen molar-refractivity contribution < 1.29 is 4.79 Å². The highest BCUT2D eigenvalue weighted by atomic mass is 16.1.